The van der Waals surface area contributed by atoms with E-state index >= 15 is 0 Å². The van der Waals surface area contributed by atoms with Crippen LogP contribution >= 0.6 is 11.8 Å². The largest absolute Gasteiger partial charge is 0.485 e. The molecule has 1 aromatic carbocycles. The summed E-state index contributed by atoms with van der Waals surface area (Å²) in [5, 5.41) is 17.0. The number of nitrogens with two attached hydrogens (primary N) is 1. The zero-order valence-electron chi connectivity index (χ0n) is 12.2. The number of rotatable bonds is 5. The maximum atomic E-state index is 8.80. The first-order chi connectivity index (χ1) is 10.0. The number of thioether (sulfide) groups is 1. The van der Waals surface area contributed by atoms with Gasteiger partial charge in [-0.25, -0.2) is 4.68 Å². The van der Waals surface area contributed by atoms with Gasteiger partial charge in [0.15, 0.2) is 5.82 Å². The van der Waals surface area contributed by atoms with Gasteiger partial charge >= 0.3 is 0 Å². The molecular weight excluding hydrogens is 286 g/mol. The Morgan fingerprint density at radius 2 is 2.19 bits per heavy atom. The van der Waals surface area contributed by atoms with Gasteiger partial charge in [0.25, 0.3) is 0 Å². The topological polar surface area (TPSA) is 89.8 Å². The fourth-order valence-corrected chi connectivity index (χ4v) is 2.45. The van der Waals surface area contributed by atoms with E-state index in [9.17, 15) is 0 Å². The van der Waals surface area contributed by atoms with Crippen molar-refractivity contribution in [1.82, 2.24) is 14.9 Å². The standard InChI is InChI=1S/C14H17N5OS/c1-9-4-5-12(10(2)6-9)20-8-13-17-18-14(19(13)16)21-11(3)7-15/h4-6,11H,8,16H2,1-3H3/t11-/m0/s1. The fraction of sp³-hybridized carbons (Fsp3) is 0.357. The van der Waals surface area contributed by atoms with Gasteiger partial charge in [-0.1, -0.05) is 29.5 Å². The van der Waals surface area contributed by atoms with E-state index in [-0.39, 0.29) is 11.9 Å². The number of benzene rings is 1. The van der Waals surface area contributed by atoms with Crippen molar-refractivity contribution in [2.75, 3.05) is 5.84 Å². The molecule has 110 valence electrons. The number of aryl methyl sites for hydroxylation is 2. The number of ether oxygens (including phenoxy) is 1. The van der Waals surface area contributed by atoms with E-state index in [0.29, 0.717) is 11.0 Å². The fourth-order valence-electron chi connectivity index (χ4n) is 1.77. The monoisotopic (exact) mass is 303 g/mol. The predicted molar refractivity (Wildman–Crippen MR) is 81.4 cm³/mol. The first-order valence-electron chi connectivity index (χ1n) is 6.47. The summed E-state index contributed by atoms with van der Waals surface area (Å²) >= 11 is 1.27. The Morgan fingerprint density at radius 3 is 2.86 bits per heavy atom. The zero-order chi connectivity index (χ0) is 15.4. The van der Waals surface area contributed by atoms with Crippen molar-refractivity contribution in [2.45, 2.75) is 37.8 Å². The van der Waals surface area contributed by atoms with Crippen LogP contribution in [0.2, 0.25) is 0 Å². The molecule has 0 unspecified atom stereocenters. The molecule has 6 nitrogen and oxygen atoms in total. The normalized spacial score (nSPS) is 11.9. The molecule has 0 aliphatic heterocycles. The molecule has 0 spiro atoms. The summed E-state index contributed by atoms with van der Waals surface area (Å²) in [5.74, 6) is 7.23. The molecule has 0 amide bonds. The number of hydrogen-bond donors (Lipinski definition) is 1. The van der Waals surface area contributed by atoms with Gasteiger partial charge in [0.05, 0.1) is 11.3 Å². The molecular formula is C14H17N5OS. The van der Waals surface area contributed by atoms with Gasteiger partial charge in [-0.3, -0.25) is 0 Å². The average Bonchev–Trinajstić information content (AvgIpc) is 2.79. The van der Waals surface area contributed by atoms with Gasteiger partial charge in [-0.15, -0.1) is 10.2 Å². The number of nitriles is 1. The lowest BCUT2D eigenvalue weighted by Gasteiger charge is -2.09. The van der Waals surface area contributed by atoms with Crippen LogP contribution < -0.4 is 10.6 Å². The third kappa shape index (κ3) is 3.67. The molecule has 2 N–H and O–H groups in total. The third-order valence-corrected chi connectivity index (χ3v) is 3.83. The minimum absolute atomic E-state index is 0.231. The Balaban J connectivity index is 2.05. The van der Waals surface area contributed by atoms with Crippen LogP contribution in [-0.2, 0) is 6.61 Å². The Morgan fingerprint density at radius 1 is 1.43 bits per heavy atom. The minimum Gasteiger partial charge on any atom is -0.485 e. The Hall–Kier alpha value is -2.20. The summed E-state index contributed by atoms with van der Waals surface area (Å²) in [4.78, 5) is 0. The van der Waals surface area contributed by atoms with Crippen molar-refractivity contribution < 1.29 is 4.74 Å². The van der Waals surface area contributed by atoms with Crippen LogP contribution in [0.1, 0.15) is 23.9 Å². The predicted octanol–water partition coefficient (Wildman–Crippen LogP) is 2.19. The molecule has 0 aliphatic carbocycles. The number of aromatic nitrogens is 3. The van der Waals surface area contributed by atoms with Crippen molar-refractivity contribution >= 4 is 11.8 Å². The summed E-state index contributed by atoms with van der Waals surface area (Å²) in [6.07, 6.45) is 0. The SMILES string of the molecule is Cc1ccc(OCc2nnc(S[C@@H](C)C#N)n2N)c(C)c1. The highest BCUT2D eigenvalue weighted by Gasteiger charge is 2.14. The molecule has 2 rings (SSSR count). The number of nitrogen functional groups attached to an aromatic ring is 1. The van der Waals surface area contributed by atoms with E-state index < -0.39 is 0 Å². The molecule has 7 heteroatoms. The molecule has 1 atom stereocenters. The van der Waals surface area contributed by atoms with E-state index in [4.69, 9.17) is 15.8 Å². The van der Waals surface area contributed by atoms with Gasteiger partial charge in [0.1, 0.15) is 12.4 Å². The summed E-state index contributed by atoms with van der Waals surface area (Å²) in [7, 11) is 0. The molecule has 0 fully saturated rings. The van der Waals surface area contributed by atoms with Crippen LogP contribution in [0.15, 0.2) is 23.4 Å². The van der Waals surface area contributed by atoms with Gasteiger partial charge in [0.2, 0.25) is 5.16 Å². The molecule has 2 aromatic rings. The van der Waals surface area contributed by atoms with Crippen molar-refractivity contribution in [2.24, 2.45) is 0 Å². The Bertz CT molecular complexity index is 676. The number of nitrogens with zero attached hydrogens (tertiary/aromatic N) is 4. The van der Waals surface area contributed by atoms with Gasteiger partial charge in [-0.05, 0) is 32.4 Å². The summed E-state index contributed by atoms with van der Waals surface area (Å²) in [5.41, 5.74) is 2.25. The smallest absolute Gasteiger partial charge is 0.211 e. The maximum absolute atomic E-state index is 8.80. The van der Waals surface area contributed by atoms with Crippen LogP contribution in [0, 0.1) is 25.2 Å². The molecule has 1 aromatic heterocycles. The van der Waals surface area contributed by atoms with Gasteiger partial charge in [-0.2, -0.15) is 5.26 Å². The third-order valence-electron chi connectivity index (χ3n) is 2.89. The highest BCUT2D eigenvalue weighted by molar-refractivity contribution is 8.00. The van der Waals surface area contributed by atoms with Crippen molar-refractivity contribution in [3.63, 3.8) is 0 Å². The maximum Gasteiger partial charge on any atom is 0.211 e. The van der Waals surface area contributed by atoms with Crippen LogP contribution in [0.25, 0.3) is 0 Å². The summed E-state index contributed by atoms with van der Waals surface area (Å²) in [6.45, 7) is 6.04. The number of hydrogen-bond acceptors (Lipinski definition) is 6. The lowest BCUT2D eigenvalue weighted by atomic mass is 10.1. The van der Waals surface area contributed by atoms with E-state index in [2.05, 4.69) is 22.3 Å². The highest BCUT2D eigenvalue weighted by atomic mass is 32.2. The van der Waals surface area contributed by atoms with Gasteiger partial charge in [0, 0.05) is 0 Å². The second-order valence-electron chi connectivity index (χ2n) is 4.72. The van der Waals surface area contributed by atoms with Gasteiger partial charge < -0.3 is 10.6 Å². The lowest BCUT2D eigenvalue weighted by Crippen LogP contribution is -2.16. The molecule has 0 aliphatic rings. The van der Waals surface area contributed by atoms with E-state index in [1.807, 2.05) is 26.0 Å². The van der Waals surface area contributed by atoms with Crippen molar-refractivity contribution in [1.29, 1.82) is 5.26 Å². The van der Waals surface area contributed by atoms with Crippen LogP contribution in [0.3, 0.4) is 0 Å². The van der Waals surface area contributed by atoms with Crippen LogP contribution in [0.4, 0.5) is 0 Å². The highest BCUT2D eigenvalue weighted by Crippen LogP contribution is 2.22. The molecule has 1 heterocycles. The van der Waals surface area contributed by atoms with Crippen molar-refractivity contribution in [3.8, 4) is 11.8 Å². The molecule has 0 bridgehead atoms. The first kappa shape index (κ1) is 15.2. The van der Waals surface area contributed by atoms with E-state index in [1.54, 1.807) is 6.92 Å². The zero-order valence-corrected chi connectivity index (χ0v) is 13.0. The molecule has 0 saturated heterocycles. The summed E-state index contributed by atoms with van der Waals surface area (Å²) < 4.78 is 7.09. The molecule has 0 radical (unpaired) electrons. The average molecular weight is 303 g/mol. The van der Waals surface area contributed by atoms with E-state index in [1.165, 1.54) is 22.0 Å². The second kappa shape index (κ2) is 6.50. The minimum atomic E-state index is -0.232. The molecule has 0 saturated carbocycles. The summed E-state index contributed by atoms with van der Waals surface area (Å²) in [6, 6.07) is 8.09. The van der Waals surface area contributed by atoms with E-state index in [0.717, 1.165) is 11.3 Å². The lowest BCUT2D eigenvalue weighted by molar-refractivity contribution is 0.289. The Labute approximate surface area is 127 Å². The Kier molecular flexibility index (Phi) is 4.70. The quantitative estimate of drug-likeness (QED) is 0.672. The van der Waals surface area contributed by atoms with Crippen LogP contribution in [-0.4, -0.2) is 20.1 Å². The molecule has 21 heavy (non-hydrogen) atoms. The second-order valence-corrected chi connectivity index (χ2v) is 6.02. The van der Waals surface area contributed by atoms with Crippen LogP contribution in [0.5, 0.6) is 5.75 Å². The van der Waals surface area contributed by atoms with Crippen molar-refractivity contribution in [3.05, 3.63) is 35.2 Å². The first-order valence-corrected chi connectivity index (χ1v) is 7.35.